The molecule has 10 nitrogen and oxygen atoms in total. The number of nitrogens with zero attached hydrogens (tertiary/aromatic N) is 2. The maximum Gasteiger partial charge on any atom is 0.305 e. The molecule has 2 aliphatic carbocycles. The Labute approximate surface area is 283 Å². The maximum atomic E-state index is 15.1. The number of amides is 4. The number of halogens is 7. The summed E-state index contributed by atoms with van der Waals surface area (Å²) >= 11 is 14.0. The summed E-state index contributed by atoms with van der Waals surface area (Å²) < 4.78 is 77.9. The summed E-state index contributed by atoms with van der Waals surface area (Å²) in [5.41, 5.74) is -1.34. The molecule has 0 aromatic heterocycles. The molecule has 0 unspecified atom stereocenters. The van der Waals surface area contributed by atoms with Gasteiger partial charge in [-0.05, 0) is 36.5 Å². The van der Waals surface area contributed by atoms with Crippen LogP contribution in [0.25, 0.3) is 6.08 Å². The Morgan fingerprint density at radius 2 is 1.61 bits per heavy atom. The molecule has 2 aliphatic heterocycles. The van der Waals surface area contributed by atoms with Crippen molar-refractivity contribution < 1.29 is 60.9 Å². The molecule has 0 bridgehead atoms. The predicted octanol–water partition coefficient (Wildman–Crippen LogP) is 4.68. The predicted molar refractivity (Wildman–Crippen MR) is 160 cm³/mol. The van der Waals surface area contributed by atoms with Crippen molar-refractivity contribution in [3.8, 4) is 11.5 Å². The van der Waals surface area contributed by atoms with Gasteiger partial charge in [-0.25, -0.2) is 26.9 Å². The second kappa shape index (κ2) is 11.8. The highest BCUT2D eigenvalue weighted by Gasteiger charge is 2.76. The average molecular weight is 729 g/mol. The Morgan fingerprint density at radius 3 is 2.22 bits per heavy atom. The lowest BCUT2D eigenvalue weighted by Gasteiger charge is -2.49. The molecule has 0 spiro atoms. The molecule has 0 radical (unpaired) electrons. The molecule has 2 aromatic rings. The van der Waals surface area contributed by atoms with Crippen LogP contribution in [0.15, 0.2) is 35.9 Å². The van der Waals surface area contributed by atoms with Gasteiger partial charge >= 0.3 is 5.97 Å². The van der Waals surface area contributed by atoms with Gasteiger partial charge in [-0.15, -0.1) is 23.2 Å². The minimum atomic E-state index is -2.69. The van der Waals surface area contributed by atoms with Crippen molar-refractivity contribution in [2.24, 2.45) is 23.7 Å². The van der Waals surface area contributed by atoms with Gasteiger partial charge in [0.1, 0.15) is 5.69 Å². The molecule has 258 valence electrons. The minimum Gasteiger partial charge on any atom is -0.504 e. The zero-order valence-electron chi connectivity index (χ0n) is 25.0. The van der Waals surface area contributed by atoms with Gasteiger partial charge < -0.3 is 14.9 Å². The Balaban J connectivity index is 1.52. The number of carboxylic acid groups (broad SMARTS) is 1. The SMILES string of the molecule is COc1cc(C=C[C@H]2C3=CC[C@@H]4C(=O)N(CCC(=O)O)C(=O)[C@@H]4[C@@H]3C[C@@]3(Cl)C(=O)N(c4c(F)c(F)c(F)c(F)c4F)C(=O)[C@@]23Cl)ccc1O. The second-order valence-electron chi connectivity index (χ2n) is 12.0. The smallest absolute Gasteiger partial charge is 0.305 e. The van der Waals surface area contributed by atoms with E-state index in [-0.39, 0.29) is 28.4 Å². The number of methoxy groups -OCH3 is 1. The Bertz CT molecular complexity index is 1910. The minimum absolute atomic E-state index is 0.0387. The number of likely N-dealkylation sites (tertiary alicyclic amines) is 1. The molecule has 17 heteroatoms. The van der Waals surface area contributed by atoms with Crippen LogP contribution in [0.3, 0.4) is 0 Å². The van der Waals surface area contributed by atoms with Gasteiger partial charge in [0.05, 0.1) is 25.4 Å². The first-order valence-electron chi connectivity index (χ1n) is 14.6. The van der Waals surface area contributed by atoms with Crippen LogP contribution >= 0.6 is 23.2 Å². The number of carbonyl (C=O) groups excluding carboxylic acids is 4. The average Bonchev–Trinajstić information content (AvgIpc) is 3.39. The second-order valence-corrected chi connectivity index (χ2v) is 13.2. The lowest BCUT2D eigenvalue weighted by molar-refractivity contribution is -0.142. The summed E-state index contributed by atoms with van der Waals surface area (Å²) in [7, 11) is 1.28. The largest absolute Gasteiger partial charge is 0.504 e. The third-order valence-corrected chi connectivity index (χ3v) is 11.0. The highest BCUT2D eigenvalue weighted by molar-refractivity contribution is 6.58. The van der Waals surface area contributed by atoms with E-state index in [1.54, 1.807) is 0 Å². The number of alkyl halides is 2. The quantitative estimate of drug-likeness (QED) is 0.105. The molecule has 4 amide bonds. The van der Waals surface area contributed by atoms with Crippen molar-refractivity contribution in [2.75, 3.05) is 18.6 Å². The van der Waals surface area contributed by atoms with E-state index in [2.05, 4.69) is 0 Å². The van der Waals surface area contributed by atoms with Crippen molar-refractivity contribution >= 4 is 64.6 Å². The first-order valence-corrected chi connectivity index (χ1v) is 15.4. The fourth-order valence-electron chi connectivity index (χ4n) is 7.31. The number of hydrogen-bond acceptors (Lipinski definition) is 7. The number of aliphatic carboxylic acids is 1. The first kappa shape index (κ1) is 34.4. The van der Waals surface area contributed by atoms with E-state index in [4.69, 9.17) is 33.0 Å². The van der Waals surface area contributed by atoms with Gasteiger partial charge in [0.25, 0.3) is 11.8 Å². The van der Waals surface area contributed by atoms with Crippen LogP contribution in [-0.2, 0) is 24.0 Å². The van der Waals surface area contributed by atoms with Crippen LogP contribution in [0.2, 0.25) is 0 Å². The van der Waals surface area contributed by atoms with Gasteiger partial charge in [-0.2, -0.15) is 0 Å². The summed E-state index contributed by atoms with van der Waals surface area (Å²) in [6.45, 7) is -0.453. The normalized spacial score (nSPS) is 29.3. The number of hydrogen-bond donors (Lipinski definition) is 2. The number of fused-ring (bicyclic) bond motifs is 4. The van der Waals surface area contributed by atoms with E-state index >= 15 is 8.78 Å². The molecule has 6 atom stereocenters. The summed E-state index contributed by atoms with van der Waals surface area (Å²) in [6.07, 6.45) is 2.84. The van der Waals surface area contributed by atoms with Crippen LogP contribution in [0.5, 0.6) is 11.5 Å². The number of ether oxygens (including phenoxy) is 1. The molecule has 2 heterocycles. The monoisotopic (exact) mass is 728 g/mol. The maximum absolute atomic E-state index is 15.1. The Morgan fingerprint density at radius 1 is 0.980 bits per heavy atom. The summed E-state index contributed by atoms with van der Waals surface area (Å²) in [6, 6.07) is 4.09. The number of anilines is 1. The fourth-order valence-corrected chi connectivity index (χ4v) is 8.20. The Kier molecular flexibility index (Phi) is 8.30. The fraction of sp³-hybridized carbons (Fsp3) is 0.344. The van der Waals surface area contributed by atoms with E-state index in [1.165, 1.54) is 43.5 Å². The van der Waals surface area contributed by atoms with Gasteiger partial charge in [0.15, 0.2) is 44.5 Å². The number of benzene rings is 2. The standard InChI is InChI=1S/C32H23Cl2F5N2O8/c1-49-18-10-12(3-7-17(18)42)2-6-16-13-4-5-14-20(28(46)40(27(14)45)9-8-19(43)44)15(13)11-31(33)29(47)41(30(48)32(16,31)34)26-24(38)22(36)21(35)23(37)25(26)39/h2-4,6-7,10,14-16,20,42H,5,8-9,11H2,1H3,(H,43,44)/t14-,15+,16-,20-,31+,32-/m0/s1. The van der Waals surface area contributed by atoms with Crippen molar-refractivity contribution in [1.82, 2.24) is 4.90 Å². The molecular formula is C32H23Cl2F5N2O8. The lowest BCUT2D eigenvalue weighted by Crippen LogP contribution is -2.60. The summed E-state index contributed by atoms with van der Waals surface area (Å²) in [4.78, 5) is 61.6. The van der Waals surface area contributed by atoms with Crippen molar-refractivity contribution in [3.63, 3.8) is 0 Å². The molecule has 2 N–H and O–H groups in total. The number of imide groups is 2. The molecule has 1 saturated carbocycles. The molecular weight excluding hydrogens is 706 g/mol. The number of phenolic OH excluding ortho intramolecular Hbond substituents is 1. The van der Waals surface area contributed by atoms with Crippen molar-refractivity contribution in [2.45, 2.75) is 29.0 Å². The zero-order valence-corrected chi connectivity index (χ0v) is 26.5. The molecule has 6 rings (SSSR count). The van der Waals surface area contributed by atoms with E-state index in [0.717, 1.165) is 4.90 Å². The number of allylic oxidation sites excluding steroid dienone is 3. The number of rotatable bonds is 7. The number of phenols is 1. The third-order valence-electron chi connectivity index (χ3n) is 9.60. The van der Waals surface area contributed by atoms with Gasteiger partial charge in [-0.1, -0.05) is 29.9 Å². The third kappa shape index (κ3) is 4.76. The van der Waals surface area contributed by atoms with Crippen LogP contribution in [0.4, 0.5) is 27.6 Å². The van der Waals surface area contributed by atoms with Gasteiger partial charge in [-0.3, -0.25) is 28.9 Å². The topological polar surface area (TPSA) is 142 Å². The first-order chi connectivity index (χ1) is 23.0. The van der Waals surface area contributed by atoms with Crippen molar-refractivity contribution in [1.29, 1.82) is 0 Å². The molecule has 49 heavy (non-hydrogen) atoms. The van der Waals surface area contributed by atoms with Crippen LogP contribution in [0, 0.1) is 52.8 Å². The number of carbonyl (C=O) groups is 5. The number of aromatic hydroxyl groups is 1. The van der Waals surface area contributed by atoms with E-state index < -0.39 is 117 Å². The Hall–Kier alpha value is -4.50. The lowest BCUT2D eigenvalue weighted by atomic mass is 9.57. The highest BCUT2D eigenvalue weighted by atomic mass is 35.5. The summed E-state index contributed by atoms with van der Waals surface area (Å²) in [5, 5.41) is 19.1. The van der Waals surface area contributed by atoms with Crippen molar-refractivity contribution in [3.05, 3.63) is 70.6 Å². The molecule has 3 fully saturated rings. The zero-order chi connectivity index (χ0) is 35.9. The molecule has 4 aliphatic rings. The van der Waals surface area contributed by atoms with E-state index in [1.807, 2.05) is 0 Å². The van der Waals surface area contributed by atoms with Gasteiger partial charge in [0.2, 0.25) is 17.6 Å². The van der Waals surface area contributed by atoms with Crippen LogP contribution in [0.1, 0.15) is 24.8 Å². The molecule has 2 aromatic carbocycles. The van der Waals surface area contributed by atoms with Crippen LogP contribution < -0.4 is 9.64 Å². The van der Waals surface area contributed by atoms with E-state index in [9.17, 15) is 42.3 Å². The number of carboxylic acids is 1. The molecule has 2 saturated heterocycles. The van der Waals surface area contributed by atoms with Crippen LogP contribution in [-0.4, -0.2) is 68.1 Å². The van der Waals surface area contributed by atoms with Gasteiger partial charge in [0, 0.05) is 12.5 Å². The summed E-state index contributed by atoms with van der Waals surface area (Å²) in [5.74, 6) is -23.5. The highest BCUT2D eigenvalue weighted by Crippen LogP contribution is 2.64. The van der Waals surface area contributed by atoms with E-state index in [0.29, 0.717) is 5.56 Å².